The number of likely N-dealkylation sites (tertiary alicyclic amines) is 1. The van der Waals surface area contributed by atoms with Crippen molar-refractivity contribution in [2.75, 3.05) is 25.0 Å². The van der Waals surface area contributed by atoms with E-state index in [0.717, 1.165) is 6.07 Å². The molecule has 3 amide bonds. The average molecular weight is 406 g/mol. The molecule has 0 saturated carbocycles. The van der Waals surface area contributed by atoms with Gasteiger partial charge in [-0.2, -0.15) is 13.2 Å². The van der Waals surface area contributed by atoms with E-state index in [1.807, 2.05) is 0 Å². The molecule has 1 aliphatic rings. The van der Waals surface area contributed by atoms with Crippen LogP contribution in [0.25, 0.3) is 0 Å². The first-order chi connectivity index (χ1) is 13.8. The molecule has 0 atom stereocenters. The lowest BCUT2D eigenvalue weighted by atomic mass is 9.96. The normalized spacial score (nSPS) is 15.1. The molecule has 0 bridgehead atoms. The van der Waals surface area contributed by atoms with E-state index in [0.29, 0.717) is 38.0 Å². The van der Waals surface area contributed by atoms with Crippen molar-refractivity contribution in [2.24, 2.45) is 5.92 Å². The number of pyridine rings is 1. The summed E-state index contributed by atoms with van der Waals surface area (Å²) in [5.41, 5.74) is -0.590. The number of piperidine rings is 1. The molecular formula is C20H21F3N4O2. The minimum absolute atomic E-state index is 0.0553. The highest BCUT2D eigenvalue weighted by Crippen LogP contribution is 2.34. The molecule has 1 saturated heterocycles. The topological polar surface area (TPSA) is 74.3 Å². The fourth-order valence-corrected chi connectivity index (χ4v) is 3.26. The summed E-state index contributed by atoms with van der Waals surface area (Å²) in [6, 6.07) is 7.49. The Hall–Kier alpha value is -3.10. The molecule has 1 fully saturated rings. The number of hydrogen-bond acceptors (Lipinski definition) is 3. The molecule has 0 radical (unpaired) electrons. The van der Waals surface area contributed by atoms with Crippen molar-refractivity contribution < 1.29 is 22.8 Å². The number of halogens is 3. The van der Waals surface area contributed by atoms with Crippen LogP contribution in [0.15, 0.2) is 48.8 Å². The van der Waals surface area contributed by atoms with E-state index in [1.54, 1.807) is 29.4 Å². The second kappa shape index (κ2) is 8.93. The third kappa shape index (κ3) is 5.46. The maximum absolute atomic E-state index is 13.0. The Bertz CT molecular complexity index is 850. The summed E-state index contributed by atoms with van der Waals surface area (Å²) >= 11 is 0. The average Bonchev–Trinajstić information content (AvgIpc) is 2.72. The van der Waals surface area contributed by atoms with Crippen molar-refractivity contribution in [3.05, 3.63) is 59.9 Å². The van der Waals surface area contributed by atoms with Crippen LogP contribution < -0.4 is 10.6 Å². The molecule has 0 aliphatic carbocycles. The van der Waals surface area contributed by atoms with Gasteiger partial charge in [0.1, 0.15) is 0 Å². The van der Waals surface area contributed by atoms with E-state index in [2.05, 4.69) is 15.6 Å². The van der Waals surface area contributed by atoms with Gasteiger partial charge in [-0.15, -0.1) is 0 Å². The van der Waals surface area contributed by atoms with E-state index < -0.39 is 17.8 Å². The van der Waals surface area contributed by atoms with Crippen LogP contribution in [0, 0.1) is 5.92 Å². The highest BCUT2D eigenvalue weighted by Gasteiger charge is 2.33. The number of carbonyl (C=O) groups excluding carboxylic acids is 2. The zero-order valence-electron chi connectivity index (χ0n) is 15.6. The fraction of sp³-hybridized carbons (Fsp3) is 0.350. The molecule has 2 N–H and O–H groups in total. The molecule has 154 valence electrons. The van der Waals surface area contributed by atoms with Gasteiger partial charge in [-0.05, 0) is 43.0 Å². The lowest BCUT2D eigenvalue weighted by Crippen LogP contribution is -2.42. The standard InChI is InChI=1S/C20H21F3N4O2/c21-20(22,23)16-3-1-2-4-17(16)26-19(29)25-13-14-7-11-27(12-8-14)18(28)15-5-9-24-10-6-15/h1-6,9-10,14H,7-8,11-13H2,(H2,25,26,29). The third-order valence-electron chi connectivity index (χ3n) is 4.86. The van der Waals surface area contributed by atoms with E-state index in [4.69, 9.17) is 0 Å². The summed E-state index contributed by atoms with van der Waals surface area (Å²) in [6.07, 6.45) is 0.00341. The number of nitrogens with one attached hydrogen (secondary N) is 2. The van der Waals surface area contributed by atoms with Crippen molar-refractivity contribution in [3.8, 4) is 0 Å². The third-order valence-corrected chi connectivity index (χ3v) is 4.86. The zero-order chi connectivity index (χ0) is 20.9. The number of alkyl halides is 3. The van der Waals surface area contributed by atoms with Crippen LogP contribution in [0.3, 0.4) is 0 Å². The van der Waals surface area contributed by atoms with Crippen LogP contribution in [0.4, 0.5) is 23.7 Å². The highest BCUT2D eigenvalue weighted by molar-refractivity contribution is 5.94. The second-order valence-electron chi connectivity index (χ2n) is 6.85. The van der Waals surface area contributed by atoms with Crippen molar-refractivity contribution in [3.63, 3.8) is 0 Å². The molecule has 9 heteroatoms. The number of aromatic nitrogens is 1. The number of para-hydroxylation sites is 1. The molecular weight excluding hydrogens is 385 g/mol. The van der Waals surface area contributed by atoms with Crippen LogP contribution in [0.5, 0.6) is 0 Å². The molecule has 2 heterocycles. The van der Waals surface area contributed by atoms with Gasteiger partial charge in [0.05, 0.1) is 11.3 Å². The maximum Gasteiger partial charge on any atom is 0.418 e. The Morgan fingerprint density at radius 2 is 1.72 bits per heavy atom. The van der Waals surface area contributed by atoms with Gasteiger partial charge in [0, 0.05) is 37.6 Å². The number of amides is 3. The van der Waals surface area contributed by atoms with Gasteiger partial charge in [-0.25, -0.2) is 4.79 Å². The van der Waals surface area contributed by atoms with Crippen LogP contribution in [0.1, 0.15) is 28.8 Å². The van der Waals surface area contributed by atoms with Gasteiger partial charge >= 0.3 is 12.2 Å². The molecule has 2 aromatic rings. The Morgan fingerprint density at radius 1 is 1.07 bits per heavy atom. The summed E-state index contributed by atoms with van der Waals surface area (Å²) in [6.45, 7) is 1.45. The largest absolute Gasteiger partial charge is 0.418 e. The van der Waals surface area contributed by atoms with E-state index in [1.165, 1.54) is 18.2 Å². The number of anilines is 1. The van der Waals surface area contributed by atoms with Crippen molar-refractivity contribution >= 4 is 17.6 Å². The SMILES string of the molecule is O=C(NCC1CCN(C(=O)c2ccncc2)CC1)Nc1ccccc1C(F)(F)F. The number of nitrogens with zero attached hydrogens (tertiary/aromatic N) is 2. The molecule has 0 unspecified atom stereocenters. The molecule has 3 rings (SSSR count). The molecule has 1 aliphatic heterocycles. The van der Waals surface area contributed by atoms with E-state index >= 15 is 0 Å². The van der Waals surface area contributed by atoms with E-state index in [-0.39, 0.29) is 17.5 Å². The Balaban J connectivity index is 1.46. The first kappa shape index (κ1) is 20.6. The Morgan fingerprint density at radius 3 is 2.38 bits per heavy atom. The molecule has 6 nitrogen and oxygen atoms in total. The monoisotopic (exact) mass is 406 g/mol. The number of rotatable bonds is 4. The summed E-state index contributed by atoms with van der Waals surface area (Å²) < 4.78 is 39.0. The first-order valence-electron chi connectivity index (χ1n) is 9.25. The van der Waals surface area contributed by atoms with Gasteiger partial charge in [-0.3, -0.25) is 9.78 Å². The van der Waals surface area contributed by atoms with Gasteiger partial charge in [-0.1, -0.05) is 12.1 Å². The number of urea groups is 1. The second-order valence-corrected chi connectivity index (χ2v) is 6.85. The quantitative estimate of drug-likeness (QED) is 0.812. The smallest absolute Gasteiger partial charge is 0.339 e. The van der Waals surface area contributed by atoms with E-state index in [9.17, 15) is 22.8 Å². The first-order valence-corrected chi connectivity index (χ1v) is 9.25. The van der Waals surface area contributed by atoms with Gasteiger partial charge in [0.2, 0.25) is 0 Å². The number of benzene rings is 1. The maximum atomic E-state index is 13.0. The van der Waals surface area contributed by atoms with Crippen LogP contribution in [-0.4, -0.2) is 41.5 Å². The molecule has 1 aromatic heterocycles. The van der Waals surface area contributed by atoms with Gasteiger partial charge < -0.3 is 15.5 Å². The highest BCUT2D eigenvalue weighted by atomic mass is 19.4. The predicted molar refractivity (Wildman–Crippen MR) is 101 cm³/mol. The van der Waals surface area contributed by atoms with Crippen molar-refractivity contribution in [1.29, 1.82) is 0 Å². The van der Waals surface area contributed by atoms with Crippen LogP contribution >= 0.6 is 0 Å². The minimum atomic E-state index is -4.54. The van der Waals surface area contributed by atoms with Crippen molar-refractivity contribution in [2.45, 2.75) is 19.0 Å². The molecule has 1 aromatic carbocycles. The molecule has 0 spiro atoms. The summed E-state index contributed by atoms with van der Waals surface area (Å²) in [5, 5.41) is 4.89. The number of carbonyl (C=O) groups is 2. The fourth-order valence-electron chi connectivity index (χ4n) is 3.26. The lowest BCUT2D eigenvalue weighted by molar-refractivity contribution is -0.136. The van der Waals surface area contributed by atoms with Crippen LogP contribution in [-0.2, 0) is 6.18 Å². The molecule has 29 heavy (non-hydrogen) atoms. The Labute approximate surface area is 166 Å². The van der Waals surface area contributed by atoms with Gasteiger partial charge in [0.15, 0.2) is 0 Å². The summed E-state index contributed by atoms with van der Waals surface area (Å²) in [7, 11) is 0. The van der Waals surface area contributed by atoms with Crippen molar-refractivity contribution in [1.82, 2.24) is 15.2 Å². The number of hydrogen-bond donors (Lipinski definition) is 2. The Kier molecular flexibility index (Phi) is 6.36. The predicted octanol–water partition coefficient (Wildman–Crippen LogP) is 3.77. The van der Waals surface area contributed by atoms with Crippen LogP contribution in [0.2, 0.25) is 0 Å². The minimum Gasteiger partial charge on any atom is -0.339 e. The summed E-state index contributed by atoms with van der Waals surface area (Å²) in [4.78, 5) is 30.1. The lowest BCUT2D eigenvalue weighted by Gasteiger charge is -2.32. The summed E-state index contributed by atoms with van der Waals surface area (Å²) in [5.74, 6) is 0.0976. The zero-order valence-corrected chi connectivity index (χ0v) is 15.6. The van der Waals surface area contributed by atoms with Gasteiger partial charge in [0.25, 0.3) is 5.91 Å².